The Morgan fingerprint density at radius 3 is 2.43 bits per heavy atom. The maximum atomic E-state index is 12.1. The Hall–Kier alpha value is -2.75. The molecule has 4 nitrogen and oxygen atoms in total. The Balaban J connectivity index is 2.31. The summed E-state index contributed by atoms with van der Waals surface area (Å²) in [6, 6.07) is 17.3. The van der Waals surface area contributed by atoms with E-state index in [-0.39, 0.29) is 5.97 Å². The van der Waals surface area contributed by atoms with Crippen LogP contribution in [0.4, 0.5) is 0 Å². The first-order valence-corrected chi connectivity index (χ1v) is 6.58. The average Bonchev–Trinajstić information content (AvgIpc) is 2.93. The van der Waals surface area contributed by atoms with E-state index in [0.29, 0.717) is 5.69 Å². The minimum atomic E-state index is -0.367. The first-order chi connectivity index (χ1) is 10.2. The fourth-order valence-corrected chi connectivity index (χ4v) is 2.43. The van der Waals surface area contributed by atoms with Gasteiger partial charge in [-0.2, -0.15) is 0 Å². The number of carbonyl (C=O) groups excluding carboxylic acids is 1. The second-order valence-electron chi connectivity index (χ2n) is 4.62. The molecule has 0 spiro atoms. The highest BCUT2D eigenvalue weighted by Gasteiger charge is 2.17. The Labute approximate surface area is 122 Å². The summed E-state index contributed by atoms with van der Waals surface area (Å²) in [7, 11) is 3.01. The fourth-order valence-electron chi connectivity index (χ4n) is 2.43. The van der Waals surface area contributed by atoms with Gasteiger partial charge in [-0.25, -0.2) is 4.79 Å². The van der Waals surface area contributed by atoms with Gasteiger partial charge in [-0.3, -0.25) is 0 Å². The summed E-state index contributed by atoms with van der Waals surface area (Å²) >= 11 is 0. The molecule has 0 atom stereocenters. The maximum Gasteiger partial charge on any atom is 0.355 e. The number of para-hydroxylation sites is 1. The summed E-state index contributed by atoms with van der Waals surface area (Å²) in [6.45, 7) is 0. The van der Waals surface area contributed by atoms with Crippen molar-refractivity contribution in [3.63, 3.8) is 0 Å². The van der Waals surface area contributed by atoms with E-state index in [4.69, 9.17) is 9.47 Å². The van der Waals surface area contributed by atoms with Crippen LogP contribution >= 0.6 is 0 Å². The number of carbonyl (C=O) groups is 1. The summed E-state index contributed by atoms with van der Waals surface area (Å²) < 4.78 is 12.0. The molecule has 0 fully saturated rings. The van der Waals surface area contributed by atoms with Crippen molar-refractivity contribution in [2.75, 3.05) is 14.2 Å². The molecule has 1 heterocycles. The molecule has 106 valence electrons. The zero-order valence-corrected chi connectivity index (χ0v) is 11.9. The Bertz CT molecular complexity index is 790. The quantitative estimate of drug-likeness (QED) is 0.691. The summed E-state index contributed by atoms with van der Waals surface area (Å²) in [4.78, 5) is 12.1. The lowest BCUT2D eigenvalue weighted by Gasteiger charge is -2.09. The van der Waals surface area contributed by atoms with E-state index < -0.39 is 0 Å². The second kappa shape index (κ2) is 5.32. The largest absolute Gasteiger partial charge is 0.497 e. The number of nitrogens with zero attached hydrogens (tertiary/aromatic N) is 1. The Morgan fingerprint density at radius 1 is 1.00 bits per heavy atom. The van der Waals surface area contributed by atoms with Crippen molar-refractivity contribution >= 4 is 16.9 Å². The molecule has 0 saturated heterocycles. The van der Waals surface area contributed by atoms with Crippen LogP contribution in [0.5, 0.6) is 5.75 Å². The molecule has 0 radical (unpaired) electrons. The molecule has 0 aliphatic carbocycles. The smallest absolute Gasteiger partial charge is 0.355 e. The van der Waals surface area contributed by atoms with Gasteiger partial charge < -0.3 is 14.0 Å². The van der Waals surface area contributed by atoms with Crippen LogP contribution in [-0.4, -0.2) is 24.8 Å². The van der Waals surface area contributed by atoms with Crippen molar-refractivity contribution in [1.29, 1.82) is 0 Å². The van der Waals surface area contributed by atoms with Gasteiger partial charge in [0.2, 0.25) is 0 Å². The predicted molar refractivity (Wildman–Crippen MR) is 81.2 cm³/mol. The molecule has 0 unspecified atom stereocenters. The third kappa shape index (κ3) is 2.25. The van der Waals surface area contributed by atoms with Crippen molar-refractivity contribution in [3.8, 4) is 11.4 Å². The van der Waals surface area contributed by atoms with Crippen molar-refractivity contribution in [2.45, 2.75) is 0 Å². The van der Waals surface area contributed by atoms with Crippen LogP contribution in [0.2, 0.25) is 0 Å². The molecular weight excluding hydrogens is 266 g/mol. The van der Waals surface area contributed by atoms with Gasteiger partial charge in [0.1, 0.15) is 11.4 Å². The molecule has 3 rings (SSSR count). The van der Waals surface area contributed by atoms with E-state index in [1.807, 2.05) is 59.2 Å². The highest BCUT2D eigenvalue weighted by molar-refractivity contribution is 5.97. The highest BCUT2D eigenvalue weighted by Crippen LogP contribution is 2.28. The number of esters is 1. The Kier molecular flexibility index (Phi) is 3.36. The topological polar surface area (TPSA) is 40.5 Å². The first kappa shape index (κ1) is 13.2. The molecule has 0 saturated carbocycles. The number of hydrogen-bond donors (Lipinski definition) is 0. The summed E-state index contributed by atoms with van der Waals surface area (Å²) in [6.07, 6.45) is 0. The summed E-state index contributed by atoms with van der Waals surface area (Å²) in [5, 5.41) is 0.929. The third-order valence-electron chi connectivity index (χ3n) is 3.42. The van der Waals surface area contributed by atoms with Crippen LogP contribution in [-0.2, 0) is 4.74 Å². The molecule has 4 heteroatoms. The SMILES string of the molecule is COC(=O)c1cc2cc(OC)ccc2n1-c1ccccc1. The van der Waals surface area contributed by atoms with Crippen LogP contribution in [0, 0.1) is 0 Å². The number of hydrogen-bond acceptors (Lipinski definition) is 3. The van der Waals surface area contributed by atoms with Gasteiger partial charge in [-0.15, -0.1) is 0 Å². The van der Waals surface area contributed by atoms with E-state index in [1.165, 1.54) is 7.11 Å². The number of rotatable bonds is 3. The number of methoxy groups -OCH3 is 2. The number of fused-ring (bicyclic) bond motifs is 1. The predicted octanol–water partition coefficient (Wildman–Crippen LogP) is 3.43. The van der Waals surface area contributed by atoms with Crippen LogP contribution in [0.15, 0.2) is 54.6 Å². The molecule has 2 aromatic carbocycles. The second-order valence-corrected chi connectivity index (χ2v) is 4.62. The minimum Gasteiger partial charge on any atom is -0.497 e. The van der Waals surface area contributed by atoms with Gasteiger partial charge in [0, 0.05) is 11.1 Å². The monoisotopic (exact) mass is 281 g/mol. The highest BCUT2D eigenvalue weighted by atomic mass is 16.5. The van der Waals surface area contributed by atoms with Crippen molar-refractivity contribution < 1.29 is 14.3 Å². The van der Waals surface area contributed by atoms with Crippen LogP contribution in [0.25, 0.3) is 16.6 Å². The maximum absolute atomic E-state index is 12.1. The number of benzene rings is 2. The molecule has 1 aromatic heterocycles. The standard InChI is InChI=1S/C17H15NO3/c1-20-14-8-9-15-12(10-14)11-16(17(19)21-2)18(15)13-6-4-3-5-7-13/h3-11H,1-2H3. The zero-order valence-electron chi connectivity index (χ0n) is 11.9. The number of aromatic nitrogens is 1. The molecule has 0 aliphatic heterocycles. The number of ether oxygens (including phenoxy) is 2. The van der Waals surface area contributed by atoms with E-state index in [0.717, 1.165) is 22.3 Å². The minimum absolute atomic E-state index is 0.367. The Morgan fingerprint density at radius 2 is 1.76 bits per heavy atom. The van der Waals surface area contributed by atoms with Crippen LogP contribution in [0.3, 0.4) is 0 Å². The van der Waals surface area contributed by atoms with E-state index in [9.17, 15) is 4.79 Å². The van der Waals surface area contributed by atoms with Gasteiger partial charge in [0.25, 0.3) is 0 Å². The van der Waals surface area contributed by atoms with Crippen molar-refractivity contribution in [2.24, 2.45) is 0 Å². The zero-order chi connectivity index (χ0) is 14.8. The van der Waals surface area contributed by atoms with Crippen LogP contribution in [0.1, 0.15) is 10.5 Å². The van der Waals surface area contributed by atoms with Crippen molar-refractivity contribution in [1.82, 2.24) is 4.57 Å². The van der Waals surface area contributed by atoms with Gasteiger partial charge in [-0.05, 0) is 36.4 Å². The average molecular weight is 281 g/mol. The van der Waals surface area contributed by atoms with Gasteiger partial charge in [-0.1, -0.05) is 18.2 Å². The van der Waals surface area contributed by atoms with Gasteiger partial charge >= 0.3 is 5.97 Å². The molecular formula is C17H15NO3. The fraction of sp³-hybridized carbons (Fsp3) is 0.118. The van der Waals surface area contributed by atoms with Crippen molar-refractivity contribution in [3.05, 3.63) is 60.3 Å². The molecule has 3 aromatic rings. The molecule has 0 aliphatic rings. The van der Waals surface area contributed by atoms with Crippen LogP contribution < -0.4 is 4.74 Å². The lowest BCUT2D eigenvalue weighted by atomic mass is 10.2. The lowest BCUT2D eigenvalue weighted by Crippen LogP contribution is -2.08. The summed E-state index contributed by atoms with van der Waals surface area (Å²) in [5.74, 6) is 0.387. The lowest BCUT2D eigenvalue weighted by molar-refractivity contribution is 0.0592. The van der Waals surface area contributed by atoms with Gasteiger partial charge in [0.15, 0.2) is 0 Å². The van der Waals surface area contributed by atoms with E-state index in [1.54, 1.807) is 7.11 Å². The molecule has 0 N–H and O–H groups in total. The summed E-state index contributed by atoms with van der Waals surface area (Å²) in [5.41, 5.74) is 2.34. The van der Waals surface area contributed by atoms with E-state index >= 15 is 0 Å². The molecule has 0 amide bonds. The molecule has 0 bridgehead atoms. The van der Waals surface area contributed by atoms with Gasteiger partial charge in [0.05, 0.1) is 19.7 Å². The third-order valence-corrected chi connectivity index (χ3v) is 3.42. The molecule has 21 heavy (non-hydrogen) atoms. The normalized spacial score (nSPS) is 10.6. The first-order valence-electron chi connectivity index (χ1n) is 6.58. The van der Waals surface area contributed by atoms with E-state index in [2.05, 4.69) is 0 Å².